The summed E-state index contributed by atoms with van der Waals surface area (Å²) in [4.78, 5) is 23.9. The molecule has 7 heteroatoms. The molecule has 2 amide bonds. The predicted octanol–water partition coefficient (Wildman–Crippen LogP) is 3.67. The molecule has 2 rings (SSSR count). The molecule has 0 aliphatic carbocycles. The van der Waals surface area contributed by atoms with Gasteiger partial charge in [0.15, 0.2) is 6.61 Å². The predicted molar refractivity (Wildman–Crippen MR) is 104 cm³/mol. The van der Waals surface area contributed by atoms with Gasteiger partial charge in [0.05, 0.1) is 6.61 Å². The highest BCUT2D eigenvalue weighted by atomic mass is 35.5. The number of hydrogen-bond donors (Lipinski definition) is 2. The summed E-state index contributed by atoms with van der Waals surface area (Å²) in [5.74, 6) is 0.328. The first-order valence-electron chi connectivity index (χ1n) is 8.70. The Labute approximate surface area is 163 Å². The average Bonchev–Trinajstić information content (AvgIpc) is 2.67. The summed E-state index contributed by atoms with van der Waals surface area (Å²) < 4.78 is 10.9. The Morgan fingerprint density at radius 2 is 1.70 bits per heavy atom. The van der Waals surface area contributed by atoms with Crippen molar-refractivity contribution in [3.63, 3.8) is 0 Å². The Morgan fingerprint density at radius 3 is 2.37 bits per heavy atom. The first kappa shape index (κ1) is 20.6. The fourth-order valence-electron chi connectivity index (χ4n) is 2.13. The molecular weight excluding hydrogens is 368 g/mol. The van der Waals surface area contributed by atoms with Crippen molar-refractivity contribution in [2.45, 2.75) is 26.7 Å². The van der Waals surface area contributed by atoms with E-state index in [-0.39, 0.29) is 6.61 Å². The Hall–Kier alpha value is -2.73. The van der Waals surface area contributed by atoms with Crippen LogP contribution in [-0.4, -0.2) is 25.0 Å². The van der Waals surface area contributed by atoms with Crippen molar-refractivity contribution >= 4 is 23.4 Å². The van der Waals surface area contributed by atoms with Gasteiger partial charge in [0.2, 0.25) is 0 Å². The van der Waals surface area contributed by atoms with Gasteiger partial charge in [0.25, 0.3) is 11.8 Å². The summed E-state index contributed by atoms with van der Waals surface area (Å²) in [6, 6.07) is 11.8. The van der Waals surface area contributed by atoms with E-state index in [0.29, 0.717) is 28.7 Å². The van der Waals surface area contributed by atoms with E-state index in [9.17, 15) is 9.59 Å². The van der Waals surface area contributed by atoms with Gasteiger partial charge in [-0.15, -0.1) is 0 Å². The van der Waals surface area contributed by atoms with Gasteiger partial charge in [-0.2, -0.15) is 0 Å². The van der Waals surface area contributed by atoms with E-state index in [1.165, 1.54) is 0 Å². The normalized spacial score (nSPS) is 10.2. The molecule has 0 aromatic heterocycles. The van der Waals surface area contributed by atoms with Crippen LogP contribution in [0.1, 0.15) is 35.7 Å². The molecule has 144 valence electrons. The number of ether oxygens (including phenoxy) is 2. The SMILES string of the molecule is CCCCOc1ccc(C(=O)NNC(=O)COc2ccc(Cl)c(C)c2)cc1. The number of unbranched alkanes of at least 4 members (excludes halogenated alkanes) is 1. The Kier molecular flexibility index (Phi) is 7.95. The molecular formula is C20H23ClN2O4. The van der Waals surface area contributed by atoms with Crippen LogP contribution in [0, 0.1) is 6.92 Å². The molecule has 0 fully saturated rings. The number of nitrogens with one attached hydrogen (secondary N) is 2. The van der Waals surface area contributed by atoms with Crippen molar-refractivity contribution in [3.8, 4) is 11.5 Å². The number of benzene rings is 2. The molecule has 0 heterocycles. The van der Waals surface area contributed by atoms with Crippen LogP contribution in [0.2, 0.25) is 5.02 Å². The standard InChI is InChI=1S/C20H23ClN2O4/c1-3-4-11-26-16-7-5-15(6-8-16)20(25)23-22-19(24)13-27-17-9-10-18(21)14(2)12-17/h5-10,12H,3-4,11,13H2,1-2H3,(H,22,24)(H,23,25). The maximum absolute atomic E-state index is 12.1. The molecule has 0 unspecified atom stereocenters. The van der Waals surface area contributed by atoms with Crippen molar-refractivity contribution in [3.05, 3.63) is 58.6 Å². The van der Waals surface area contributed by atoms with E-state index in [2.05, 4.69) is 17.8 Å². The fourth-order valence-corrected chi connectivity index (χ4v) is 2.25. The lowest BCUT2D eigenvalue weighted by Gasteiger charge is -2.10. The third kappa shape index (κ3) is 6.83. The zero-order valence-electron chi connectivity index (χ0n) is 15.4. The summed E-state index contributed by atoms with van der Waals surface area (Å²) in [6.45, 7) is 4.35. The van der Waals surface area contributed by atoms with Gasteiger partial charge >= 0.3 is 0 Å². The lowest BCUT2D eigenvalue weighted by Crippen LogP contribution is -2.43. The Morgan fingerprint density at radius 1 is 1.00 bits per heavy atom. The molecule has 2 aromatic rings. The van der Waals surface area contributed by atoms with Crippen molar-refractivity contribution in [1.82, 2.24) is 10.9 Å². The number of carbonyl (C=O) groups is 2. The van der Waals surface area contributed by atoms with Gasteiger partial charge in [0.1, 0.15) is 11.5 Å². The number of amides is 2. The molecule has 0 bridgehead atoms. The molecule has 0 radical (unpaired) electrons. The van der Waals surface area contributed by atoms with Gasteiger partial charge < -0.3 is 9.47 Å². The van der Waals surface area contributed by atoms with Crippen LogP contribution in [0.3, 0.4) is 0 Å². The number of aryl methyl sites for hydroxylation is 1. The largest absolute Gasteiger partial charge is 0.494 e. The summed E-state index contributed by atoms with van der Waals surface area (Å²) in [5.41, 5.74) is 5.92. The average molecular weight is 391 g/mol. The van der Waals surface area contributed by atoms with E-state index in [1.807, 2.05) is 6.92 Å². The maximum atomic E-state index is 12.1. The molecule has 2 N–H and O–H groups in total. The van der Waals surface area contributed by atoms with Crippen molar-refractivity contribution in [2.75, 3.05) is 13.2 Å². The quantitative estimate of drug-likeness (QED) is 0.532. The van der Waals surface area contributed by atoms with E-state index in [0.717, 1.165) is 18.4 Å². The van der Waals surface area contributed by atoms with Crippen LogP contribution in [0.5, 0.6) is 11.5 Å². The van der Waals surface area contributed by atoms with E-state index in [1.54, 1.807) is 42.5 Å². The number of rotatable bonds is 8. The van der Waals surface area contributed by atoms with Crippen LogP contribution in [0.25, 0.3) is 0 Å². The minimum atomic E-state index is -0.476. The number of carbonyl (C=O) groups excluding carboxylic acids is 2. The van der Waals surface area contributed by atoms with Crippen molar-refractivity contribution in [2.24, 2.45) is 0 Å². The number of halogens is 1. The second-order valence-electron chi connectivity index (χ2n) is 5.93. The highest BCUT2D eigenvalue weighted by molar-refractivity contribution is 6.31. The smallest absolute Gasteiger partial charge is 0.276 e. The van der Waals surface area contributed by atoms with Gasteiger partial charge in [-0.05, 0) is 61.4 Å². The Balaban J connectivity index is 1.75. The molecule has 0 atom stereocenters. The van der Waals surface area contributed by atoms with E-state index in [4.69, 9.17) is 21.1 Å². The summed E-state index contributed by atoms with van der Waals surface area (Å²) in [7, 11) is 0. The molecule has 0 saturated carbocycles. The summed E-state index contributed by atoms with van der Waals surface area (Å²) >= 11 is 5.94. The first-order chi connectivity index (χ1) is 13.0. The molecule has 0 saturated heterocycles. The van der Waals surface area contributed by atoms with Crippen LogP contribution >= 0.6 is 11.6 Å². The third-order valence-electron chi connectivity index (χ3n) is 3.70. The van der Waals surface area contributed by atoms with Gasteiger partial charge in [-0.25, -0.2) is 0 Å². The van der Waals surface area contributed by atoms with Crippen molar-refractivity contribution in [1.29, 1.82) is 0 Å². The van der Waals surface area contributed by atoms with Gasteiger partial charge in [0, 0.05) is 10.6 Å². The molecule has 2 aromatic carbocycles. The molecule has 6 nitrogen and oxygen atoms in total. The molecule has 27 heavy (non-hydrogen) atoms. The van der Waals surface area contributed by atoms with Crippen LogP contribution in [0.15, 0.2) is 42.5 Å². The van der Waals surface area contributed by atoms with Gasteiger partial charge in [-0.3, -0.25) is 20.4 Å². The fraction of sp³-hybridized carbons (Fsp3) is 0.300. The van der Waals surface area contributed by atoms with Gasteiger partial charge in [-0.1, -0.05) is 24.9 Å². The zero-order valence-corrected chi connectivity index (χ0v) is 16.1. The molecule has 0 aliphatic rings. The minimum Gasteiger partial charge on any atom is -0.494 e. The topological polar surface area (TPSA) is 76.7 Å². The van der Waals surface area contributed by atoms with Crippen LogP contribution in [-0.2, 0) is 4.79 Å². The number of hydrogen-bond acceptors (Lipinski definition) is 4. The Bertz CT molecular complexity index is 778. The summed E-state index contributed by atoms with van der Waals surface area (Å²) in [5, 5.41) is 0.626. The lowest BCUT2D eigenvalue weighted by molar-refractivity contribution is -0.123. The first-order valence-corrected chi connectivity index (χ1v) is 9.08. The maximum Gasteiger partial charge on any atom is 0.276 e. The summed E-state index contributed by atoms with van der Waals surface area (Å²) in [6.07, 6.45) is 2.04. The monoisotopic (exact) mass is 390 g/mol. The number of hydrazine groups is 1. The molecule has 0 aliphatic heterocycles. The van der Waals surface area contributed by atoms with E-state index >= 15 is 0 Å². The third-order valence-corrected chi connectivity index (χ3v) is 4.12. The molecule has 0 spiro atoms. The van der Waals surface area contributed by atoms with Crippen molar-refractivity contribution < 1.29 is 19.1 Å². The van der Waals surface area contributed by atoms with Crippen LogP contribution < -0.4 is 20.3 Å². The zero-order chi connectivity index (χ0) is 19.6. The highest BCUT2D eigenvalue weighted by Crippen LogP contribution is 2.20. The lowest BCUT2D eigenvalue weighted by atomic mass is 10.2. The highest BCUT2D eigenvalue weighted by Gasteiger charge is 2.09. The van der Waals surface area contributed by atoms with E-state index < -0.39 is 11.8 Å². The second-order valence-corrected chi connectivity index (χ2v) is 6.34. The minimum absolute atomic E-state index is 0.231. The van der Waals surface area contributed by atoms with Crippen LogP contribution in [0.4, 0.5) is 0 Å². The second kappa shape index (κ2) is 10.4.